The molecule has 0 saturated heterocycles. The fourth-order valence-electron chi connectivity index (χ4n) is 4.23. The van der Waals surface area contributed by atoms with E-state index in [-0.39, 0.29) is 11.8 Å². The van der Waals surface area contributed by atoms with E-state index in [0.29, 0.717) is 26.2 Å². The number of hydrogen-bond donors (Lipinski definition) is 0. The minimum Gasteiger partial charge on any atom is -0.330 e. The summed E-state index contributed by atoms with van der Waals surface area (Å²) >= 11 is 3.59. The molecule has 0 N–H and O–H groups in total. The van der Waals surface area contributed by atoms with Crippen LogP contribution in [0.15, 0.2) is 71.2 Å². The van der Waals surface area contributed by atoms with Crippen LogP contribution in [0.2, 0.25) is 0 Å². The van der Waals surface area contributed by atoms with Gasteiger partial charge in [0.15, 0.2) is 0 Å². The monoisotopic (exact) mass is 446 g/mol. The standard InChI is InChI=1S/C24H19BrN2O2/c25-20-10-16(12-26-14-18-5-1-3-7-21(18)23(26)28)9-17(11-20)13-27-15-19-6-2-4-8-22(19)24(27)29/h1-11H,12-15H2. The number of nitrogens with zero attached hydrogens (tertiary/aromatic N) is 2. The van der Waals surface area contributed by atoms with E-state index >= 15 is 0 Å². The maximum atomic E-state index is 12.7. The van der Waals surface area contributed by atoms with Crippen LogP contribution in [-0.2, 0) is 26.2 Å². The minimum absolute atomic E-state index is 0.0762. The van der Waals surface area contributed by atoms with Crippen LogP contribution in [0.25, 0.3) is 0 Å². The molecular weight excluding hydrogens is 428 g/mol. The molecular formula is C24H19BrN2O2. The van der Waals surface area contributed by atoms with Gasteiger partial charge in [0, 0.05) is 41.8 Å². The van der Waals surface area contributed by atoms with E-state index in [9.17, 15) is 9.59 Å². The van der Waals surface area contributed by atoms with Gasteiger partial charge in [-0.15, -0.1) is 0 Å². The van der Waals surface area contributed by atoms with Crippen LogP contribution in [0.1, 0.15) is 43.0 Å². The number of rotatable bonds is 4. The Morgan fingerprint density at radius 3 is 1.59 bits per heavy atom. The minimum atomic E-state index is 0.0762. The van der Waals surface area contributed by atoms with E-state index in [2.05, 4.69) is 22.0 Å². The van der Waals surface area contributed by atoms with Crippen LogP contribution in [-0.4, -0.2) is 21.6 Å². The molecule has 0 aliphatic carbocycles. The maximum absolute atomic E-state index is 12.7. The molecule has 4 nitrogen and oxygen atoms in total. The van der Waals surface area contributed by atoms with Crippen LogP contribution >= 0.6 is 15.9 Å². The highest BCUT2D eigenvalue weighted by Gasteiger charge is 2.28. The number of carbonyl (C=O) groups excluding carboxylic acids is 2. The molecule has 144 valence electrons. The van der Waals surface area contributed by atoms with Gasteiger partial charge in [-0.1, -0.05) is 58.4 Å². The lowest BCUT2D eigenvalue weighted by Gasteiger charge is -2.19. The van der Waals surface area contributed by atoms with Crippen molar-refractivity contribution in [2.75, 3.05) is 0 Å². The van der Waals surface area contributed by atoms with Crippen molar-refractivity contribution < 1.29 is 9.59 Å². The molecule has 5 rings (SSSR count). The molecule has 0 unspecified atom stereocenters. The SMILES string of the molecule is O=C1c2ccccc2CN1Cc1cc(Br)cc(CN2Cc3ccccc3C2=O)c1. The Bertz CT molecular complexity index is 1060. The maximum Gasteiger partial charge on any atom is 0.254 e. The lowest BCUT2D eigenvalue weighted by atomic mass is 10.1. The summed E-state index contributed by atoms with van der Waals surface area (Å²) in [4.78, 5) is 29.1. The van der Waals surface area contributed by atoms with E-state index in [1.807, 2.05) is 70.5 Å². The molecule has 0 radical (unpaired) electrons. The third-order valence-corrected chi connectivity index (χ3v) is 6.01. The summed E-state index contributed by atoms with van der Waals surface area (Å²) in [5.74, 6) is 0.152. The highest BCUT2D eigenvalue weighted by atomic mass is 79.9. The van der Waals surface area contributed by atoms with E-state index in [4.69, 9.17) is 0 Å². The van der Waals surface area contributed by atoms with Gasteiger partial charge in [-0.05, 0) is 46.5 Å². The molecule has 0 spiro atoms. The number of benzene rings is 3. The molecule has 29 heavy (non-hydrogen) atoms. The summed E-state index contributed by atoms with van der Waals surface area (Å²) in [6, 6.07) is 21.7. The summed E-state index contributed by atoms with van der Waals surface area (Å²) in [6.45, 7) is 2.37. The Hall–Kier alpha value is -2.92. The molecule has 2 aliphatic heterocycles. The van der Waals surface area contributed by atoms with E-state index < -0.39 is 0 Å². The van der Waals surface area contributed by atoms with Gasteiger partial charge in [0.25, 0.3) is 11.8 Å². The van der Waals surface area contributed by atoms with Gasteiger partial charge in [0.1, 0.15) is 0 Å². The summed E-state index contributed by atoms with van der Waals surface area (Å²) in [6.07, 6.45) is 0. The van der Waals surface area contributed by atoms with Crippen molar-refractivity contribution in [3.05, 3.63) is 105 Å². The molecule has 2 heterocycles. The van der Waals surface area contributed by atoms with Crippen molar-refractivity contribution in [3.8, 4) is 0 Å². The fourth-order valence-corrected chi connectivity index (χ4v) is 4.81. The summed E-state index contributed by atoms with van der Waals surface area (Å²) in [5, 5.41) is 0. The van der Waals surface area contributed by atoms with Crippen molar-refractivity contribution in [2.24, 2.45) is 0 Å². The summed E-state index contributed by atoms with van der Waals surface area (Å²) in [7, 11) is 0. The first-order valence-corrected chi connectivity index (χ1v) is 10.4. The van der Waals surface area contributed by atoms with Gasteiger partial charge in [-0.3, -0.25) is 9.59 Å². The Kier molecular flexibility index (Phi) is 4.47. The average molecular weight is 447 g/mol. The third-order valence-electron chi connectivity index (χ3n) is 5.56. The lowest BCUT2D eigenvalue weighted by molar-refractivity contribution is 0.0762. The largest absolute Gasteiger partial charge is 0.330 e. The molecule has 2 aliphatic rings. The molecule has 0 bridgehead atoms. The van der Waals surface area contributed by atoms with Gasteiger partial charge < -0.3 is 9.80 Å². The zero-order valence-corrected chi connectivity index (χ0v) is 17.4. The van der Waals surface area contributed by atoms with E-state index in [1.165, 1.54) is 0 Å². The molecule has 3 aromatic rings. The smallest absolute Gasteiger partial charge is 0.254 e. The van der Waals surface area contributed by atoms with Crippen molar-refractivity contribution in [1.82, 2.24) is 9.80 Å². The predicted octanol–water partition coefficient (Wildman–Crippen LogP) is 4.76. The fraction of sp³-hybridized carbons (Fsp3) is 0.167. The number of amides is 2. The van der Waals surface area contributed by atoms with Crippen LogP contribution in [0.5, 0.6) is 0 Å². The number of hydrogen-bond acceptors (Lipinski definition) is 2. The average Bonchev–Trinajstić information content (AvgIpc) is 3.19. The van der Waals surface area contributed by atoms with E-state index in [0.717, 1.165) is 37.9 Å². The second kappa shape index (κ2) is 7.16. The molecule has 3 aromatic carbocycles. The zero-order chi connectivity index (χ0) is 20.0. The first-order chi connectivity index (χ1) is 14.1. The molecule has 0 atom stereocenters. The predicted molar refractivity (Wildman–Crippen MR) is 114 cm³/mol. The van der Waals surface area contributed by atoms with Crippen molar-refractivity contribution in [2.45, 2.75) is 26.2 Å². The van der Waals surface area contributed by atoms with E-state index in [1.54, 1.807) is 0 Å². The summed E-state index contributed by atoms with van der Waals surface area (Å²) in [5.41, 5.74) is 5.85. The molecule has 2 amide bonds. The van der Waals surface area contributed by atoms with Gasteiger partial charge in [0.05, 0.1) is 0 Å². The number of carbonyl (C=O) groups is 2. The van der Waals surface area contributed by atoms with Crippen LogP contribution < -0.4 is 0 Å². The van der Waals surface area contributed by atoms with Crippen LogP contribution in [0.4, 0.5) is 0 Å². The quantitative estimate of drug-likeness (QED) is 0.579. The van der Waals surface area contributed by atoms with Gasteiger partial charge in [-0.25, -0.2) is 0 Å². The molecule has 5 heteroatoms. The van der Waals surface area contributed by atoms with Gasteiger partial charge in [-0.2, -0.15) is 0 Å². The van der Waals surface area contributed by atoms with Crippen LogP contribution in [0, 0.1) is 0 Å². The Balaban J connectivity index is 1.34. The first kappa shape index (κ1) is 18.1. The number of fused-ring (bicyclic) bond motifs is 2. The Morgan fingerprint density at radius 1 is 0.690 bits per heavy atom. The zero-order valence-electron chi connectivity index (χ0n) is 15.8. The molecule has 0 fully saturated rings. The van der Waals surface area contributed by atoms with Gasteiger partial charge in [0.2, 0.25) is 0 Å². The Morgan fingerprint density at radius 2 is 1.14 bits per heavy atom. The normalized spacial score (nSPS) is 15.1. The topological polar surface area (TPSA) is 40.6 Å². The highest BCUT2D eigenvalue weighted by molar-refractivity contribution is 9.10. The second-order valence-electron chi connectivity index (χ2n) is 7.60. The van der Waals surface area contributed by atoms with Crippen molar-refractivity contribution in [1.29, 1.82) is 0 Å². The lowest BCUT2D eigenvalue weighted by Crippen LogP contribution is -2.24. The van der Waals surface area contributed by atoms with Crippen LogP contribution in [0.3, 0.4) is 0 Å². The first-order valence-electron chi connectivity index (χ1n) is 9.61. The second-order valence-corrected chi connectivity index (χ2v) is 8.52. The Labute approximate surface area is 177 Å². The van der Waals surface area contributed by atoms with Crippen molar-refractivity contribution >= 4 is 27.7 Å². The van der Waals surface area contributed by atoms with Gasteiger partial charge >= 0.3 is 0 Å². The number of halogens is 1. The molecule has 0 aromatic heterocycles. The molecule has 0 saturated carbocycles. The van der Waals surface area contributed by atoms with Crippen molar-refractivity contribution in [3.63, 3.8) is 0 Å². The third kappa shape index (κ3) is 3.36. The highest BCUT2D eigenvalue weighted by Crippen LogP contribution is 2.28. The summed E-state index contributed by atoms with van der Waals surface area (Å²) < 4.78 is 0.957.